The molecule has 148 valence electrons. The summed E-state index contributed by atoms with van der Waals surface area (Å²) in [6.07, 6.45) is 0. The molecule has 2 aromatic rings. The van der Waals surface area contributed by atoms with Gasteiger partial charge in [0.15, 0.2) is 18.0 Å². The third-order valence-electron chi connectivity index (χ3n) is 4.04. The van der Waals surface area contributed by atoms with E-state index in [-0.39, 0.29) is 11.4 Å². The molecule has 2 rings (SSSR count). The van der Waals surface area contributed by atoms with Gasteiger partial charge in [0.2, 0.25) is 0 Å². The molecule has 0 saturated carbocycles. The summed E-state index contributed by atoms with van der Waals surface area (Å²) < 4.78 is 10.7. The van der Waals surface area contributed by atoms with Crippen molar-refractivity contribution in [3.05, 3.63) is 29.3 Å². The molecule has 6 nitrogen and oxygen atoms in total. The highest BCUT2D eigenvalue weighted by atomic mass is 32.1. The van der Waals surface area contributed by atoms with Crippen LogP contribution in [0.25, 0.3) is 10.6 Å². The Labute approximate surface area is 165 Å². The molecule has 7 heteroatoms. The number of nitrogens with one attached hydrogen (secondary N) is 2. The molecule has 1 aromatic carbocycles. The van der Waals surface area contributed by atoms with E-state index in [4.69, 9.17) is 14.5 Å². The molecule has 1 amide bonds. The Morgan fingerprint density at radius 2 is 1.93 bits per heavy atom. The van der Waals surface area contributed by atoms with E-state index in [0.29, 0.717) is 18.0 Å². The lowest BCUT2D eigenvalue weighted by molar-refractivity contribution is -0.904. The van der Waals surface area contributed by atoms with Gasteiger partial charge in [-0.05, 0) is 45.9 Å². The highest BCUT2D eigenvalue weighted by Gasteiger charge is 2.19. The Morgan fingerprint density at radius 3 is 2.52 bits per heavy atom. The van der Waals surface area contributed by atoms with Gasteiger partial charge in [0.1, 0.15) is 17.2 Å². The van der Waals surface area contributed by atoms with Crippen molar-refractivity contribution in [2.24, 2.45) is 0 Å². The number of amides is 1. The van der Waals surface area contributed by atoms with Crippen LogP contribution < -0.4 is 19.7 Å². The summed E-state index contributed by atoms with van der Waals surface area (Å²) in [6, 6.07) is 5.80. The highest BCUT2D eigenvalue weighted by molar-refractivity contribution is 7.13. The number of ether oxygens (including phenoxy) is 2. The fourth-order valence-electron chi connectivity index (χ4n) is 2.75. The van der Waals surface area contributed by atoms with Crippen molar-refractivity contribution >= 4 is 17.2 Å². The maximum atomic E-state index is 12.2. The largest absolute Gasteiger partial charge is 0.493 e. The molecule has 0 spiro atoms. The first-order valence-electron chi connectivity index (χ1n) is 9.07. The Kier molecular flexibility index (Phi) is 7.21. The van der Waals surface area contributed by atoms with Gasteiger partial charge in [-0.15, -0.1) is 11.3 Å². The van der Waals surface area contributed by atoms with Crippen LogP contribution in [0.1, 0.15) is 33.4 Å². The second kappa shape index (κ2) is 9.19. The maximum Gasteiger partial charge on any atom is 0.275 e. The molecule has 1 heterocycles. The molecule has 0 saturated heterocycles. The van der Waals surface area contributed by atoms with Crippen LogP contribution in [0.2, 0.25) is 0 Å². The fraction of sp³-hybridized carbons (Fsp3) is 0.500. The van der Waals surface area contributed by atoms with Crippen molar-refractivity contribution in [3.63, 3.8) is 0 Å². The van der Waals surface area contributed by atoms with Crippen LogP contribution in [0.4, 0.5) is 0 Å². The number of likely N-dealkylation sites (N-methyl/N-ethyl adjacent to an activating group) is 1. The Bertz CT molecular complexity index is 768. The number of hydrogen-bond donors (Lipinski definition) is 2. The zero-order chi connectivity index (χ0) is 20.0. The minimum absolute atomic E-state index is 0.0645. The van der Waals surface area contributed by atoms with E-state index in [0.717, 1.165) is 29.4 Å². The van der Waals surface area contributed by atoms with Crippen LogP contribution in [0.5, 0.6) is 11.5 Å². The van der Waals surface area contributed by atoms with E-state index in [1.54, 1.807) is 25.6 Å². The van der Waals surface area contributed by atoms with Gasteiger partial charge in [-0.3, -0.25) is 4.79 Å². The zero-order valence-electron chi connectivity index (χ0n) is 17.0. The van der Waals surface area contributed by atoms with E-state index in [1.165, 1.54) is 4.90 Å². The summed E-state index contributed by atoms with van der Waals surface area (Å²) in [5, 5.41) is 6.01. The predicted molar refractivity (Wildman–Crippen MR) is 109 cm³/mol. The lowest BCUT2D eigenvalue weighted by Gasteiger charge is -2.22. The second-order valence-electron chi connectivity index (χ2n) is 7.47. The van der Waals surface area contributed by atoms with Crippen LogP contribution in [-0.2, 0) is 11.3 Å². The molecule has 0 aliphatic rings. The number of rotatable bonds is 8. The third-order valence-corrected chi connectivity index (χ3v) is 4.98. The predicted octanol–water partition coefficient (Wildman–Crippen LogP) is 2.15. The molecule has 1 unspecified atom stereocenters. The van der Waals surface area contributed by atoms with Crippen LogP contribution >= 0.6 is 11.3 Å². The molecule has 0 aliphatic heterocycles. The number of carbonyl (C=O) groups is 1. The summed E-state index contributed by atoms with van der Waals surface area (Å²) in [5.74, 6) is 1.45. The van der Waals surface area contributed by atoms with Crippen molar-refractivity contribution in [1.82, 2.24) is 10.3 Å². The summed E-state index contributed by atoms with van der Waals surface area (Å²) in [5.41, 5.74) is 1.77. The average Bonchev–Trinajstić information content (AvgIpc) is 3.07. The number of hydrogen-bond acceptors (Lipinski definition) is 5. The molecule has 1 aromatic heterocycles. The highest BCUT2D eigenvalue weighted by Crippen LogP contribution is 2.33. The van der Waals surface area contributed by atoms with Crippen LogP contribution in [0, 0.1) is 0 Å². The van der Waals surface area contributed by atoms with E-state index in [9.17, 15) is 4.79 Å². The monoisotopic (exact) mass is 392 g/mol. The van der Waals surface area contributed by atoms with E-state index < -0.39 is 0 Å². The van der Waals surface area contributed by atoms with Gasteiger partial charge in [0.25, 0.3) is 5.91 Å². The maximum absolute atomic E-state index is 12.2. The number of aromatic nitrogens is 1. The number of nitrogens with zero attached hydrogens (tertiary/aromatic N) is 1. The molecule has 0 aliphatic carbocycles. The summed E-state index contributed by atoms with van der Waals surface area (Å²) >= 11 is 1.60. The molecule has 0 bridgehead atoms. The Hall–Kier alpha value is -2.12. The number of thiazole rings is 1. The van der Waals surface area contributed by atoms with Crippen LogP contribution in [-0.4, -0.2) is 43.7 Å². The second-order valence-corrected chi connectivity index (χ2v) is 8.33. The SMILES string of the molecule is CC[NH+](CC(=O)NC(C)(C)C)Cc1csc(-c2ccc(OC)c(OC)c2)n1. The van der Waals surface area contributed by atoms with Crippen molar-refractivity contribution in [3.8, 4) is 22.1 Å². The standard InChI is InChI=1S/C20H29N3O3S/c1-7-23(12-18(24)22-20(2,3)4)11-15-13-27-19(21-15)14-8-9-16(25-5)17(10-14)26-6/h8-10,13H,7,11-12H2,1-6H3,(H,22,24)/p+1. The lowest BCUT2D eigenvalue weighted by Crippen LogP contribution is -3.11. The average molecular weight is 393 g/mol. The molecule has 0 fully saturated rings. The van der Waals surface area contributed by atoms with Gasteiger partial charge in [0, 0.05) is 16.5 Å². The first kappa shape index (κ1) is 21.2. The Morgan fingerprint density at radius 1 is 1.22 bits per heavy atom. The smallest absolute Gasteiger partial charge is 0.275 e. The normalized spacial score (nSPS) is 12.5. The first-order chi connectivity index (χ1) is 12.8. The van der Waals surface area contributed by atoms with E-state index in [1.807, 2.05) is 39.0 Å². The quantitative estimate of drug-likeness (QED) is 0.723. The third kappa shape index (κ3) is 6.22. The van der Waals surface area contributed by atoms with Crippen molar-refractivity contribution in [1.29, 1.82) is 0 Å². The van der Waals surface area contributed by atoms with E-state index in [2.05, 4.69) is 17.6 Å². The van der Waals surface area contributed by atoms with Gasteiger partial charge >= 0.3 is 0 Å². The molecular formula is C20H30N3O3S+. The fourth-order valence-corrected chi connectivity index (χ4v) is 3.56. The molecular weight excluding hydrogens is 362 g/mol. The summed E-state index contributed by atoms with van der Waals surface area (Å²) in [6.45, 7) is 10.1. The van der Waals surface area contributed by atoms with Crippen LogP contribution in [0.15, 0.2) is 23.6 Å². The molecule has 2 N–H and O–H groups in total. The molecule has 0 radical (unpaired) electrons. The number of benzene rings is 1. The topological polar surface area (TPSA) is 64.9 Å². The molecule has 27 heavy (non-hydrogen) atoms. The first-order valence-corrected chi connectivity index (χ1v) is 9.95. The van der Waals surface area contributed by atoms with Crippen molar-refractivity contribution < 1.29 is 19.2 Å². The van der Waals surface area contributed by atoms with Gasteiger partial charge in [-0.25, -0.2) is 4.98 Å². The van der Waals surface area contributed by atoms with Gasteiger partial charge in [0.05, 0.1) is 20.8 Å². The summed E-state index contributed by atoms with van der Waals surface area (Å²) in [4.78, 5) is 18.1. The Balaban J connectivity index is 2.07. The number of quaternary nitrogens is 1. The van der Waals surface area contributed by atoms with Gasteiger partial charge in [-0.1, -0.05) is 0 Å². The number of carbonyl (C=O) groups excluding carboxylic acids is 1. The molecule has 1 atom stereocenters. The lowest BCUT2D eigenvalue weighted by atomic mass is 10.1. The van der Waals surface area contributed by atoms with E-state index >= 15 is 0 Å². The van der Waals surface area contributed by atoms with Crippen LogP contribution in [0.3, 0.4) is 0 Å². The van der Waals surface area contributed by atoms with Gasteiger partial charge < -0.3 is 19.7 Å². The number of methoxy groups -OCH3 is 2. The van der Waals surface area contributed by atoms with Crippen molar-refractivity contribution in [2.75, 3.05) is 27.3 Å². The van der Waals surface area contributed by atoms with Gasteiger partial charge in [-0.2, -0.15) is 0 Å². The summed E-state index contributed by atoms with van der Waals surface area (Å²) in [7, 11) is 3.25. The minimum Gasteiger partial charge on any atom is -0.493 e. The zero-order valence-corrected chi connectivity index (χ0v) is 17.8. The van der Waals surface area contributed by atoms with Crippen molar-refractivity contribution in [2.45, 2.75) is 39.8 Å². The minimum atomic E-state index is -0.211.